The summed E-state index contributed by atoms with van der Waals surface area (Å²) in [5.74, 6) is 0.654. The van der Waals surface area contributed by atoms with Crippen LogP contribution in [-0.4, -0.2) is 40.9 Å². The molecule has 6 heteroatoms. The number of para-hydroxylation sites is 1. The molecular weight excluding hydrogens is 426 g/mol. The number of hydrogen-bond acceptors (Lipinski definition) is 3. The van der Waals surface area contributed by atoms with Crippen LogP contribution >= 0.6 is 0 Å². The Morgan fingerprint density at radius 3 is 2.47 bits per heavy atom. The summed E-state index contributed by atoms with van der Waals surface area (Å²) in [5.41, 5.74) is 2.81. The van der Waals surface area contributed by atoms with E-state index in [0.717, 1.165) is 66.3 Å². The quantitative estimate of drug-likeness (QED) is 0.503. The van der Waals surface area contributed by atoms with E-state index in [-0.39, 0.29) is 30.3 Å². The van der Waals surface area contributed by atoms with Gasteiger partial charge in [-0.3, -0.25) is 9.59 Å². The third-order valence-corrected chi connectivity index (χ3v) is 7.15. The number of nitrogens with one attached hydrogen (secondary N) is 2. The van der Waals surface area contributed by atoms with E-state index >= 15 is 0 Å². The normalized spacial score (nSPS) is 17.3. The minimum absolute atomic E-state index is 0.00753. The van der Waals surface area contributed by atoms with Gasteiger partial charge in [0.2, 0.25) is 11.8 Å². The molecule has 0 unspecified atom stereocenters. The first-order valence-electron chi connectivity index (χ1n) is 12.4. The van der Waals surface area contributed by atoms with Gasteiger partial charge in [-0.25, -0.2) is 0 Å². The number of aromatic nitrogens is 1. The van der Waals surface area contributed by atoms with Gasteiger partial charge in [0.05, 0.1) is 13.5 Å². The van der Waals surface area contributed by atoms with E-state index in [1.165, 1.54) is 6.42 Å². The first-order chi connectivity index (χ1) is 16.6. The van der Waals surface area contributed by atoms with Crippen LogP contribution in [0.3, 0.4) is 0 Å². The molecule has 0 saturated heterocycles. The molecule has 34 heavy (non-hydrogen) atoms. The summed E-state index contributed by atoms with van der Waals surface area (Å²) >= 11 is 0. The Kier molecular flexibility index (Phi) is 6.57. The molecule has 1 heterocycles. The number of rotatable bonds is 8. The van der Waals surface area contributed by atoms with Gasteiger partial charge in [0.25, 0.3) is 0 Å². The molecule has 2 aliphatic carbocycles. The largest absolute Gasteiger partial charge is 0.497 e. The first kappa shape index (κ1) is 22.5. The highest BCUT2D eigenvalue weighted by Gasteiger charge is 2.41. The molecule has 1 aromatic heterocycles. The maximum atomic E-state index is 13.8. The number of amides is 2. The molecule has 2 fully saturated rings. The zero-order chi connectivity index (χ0) is 23.5. The number of fused-ring (bicyclic) bond motifs is 1. The number of ether oxygens (including phenoxy) is 1. The molecule has 5 rings (SSSR count). The van der Waals surface area contributed by atoms with Crippen molar-refractivity contribution in [1.29, 1.82) is 0 Å². The highest BCUT2D eigenvalue weighted by molar-refractivity contribution is 5.93. The lowest BCUT2D eigenvalue weighted by molar-refractivity contribution is -0.141. The number of carbonyl (C=O) groups is 2. The molecule has 2 N–H and O–H groups in total. The van der Waals surface area contributed by atoms with Crippen molar-refractivity contribution in [3.63, 3.8) is 0 Å². The second-order valence-electron chi connectivity index (χ2n) is 9.59. The van der Waals surface area contributed by atoms with Crippen LogP contribution in [0.4, 0.5) is 0 Å². The fraction of sp³-hybridized carbons (Fsp3) is 0.429. The number of aromatic amines is 1. The van der Waals surface area contributed by atoms with Gasteiger partial charge >= 0.3 is 0 Å². The van der Waals surface area contributed by atoms with Crippen molar-refractivity contribution in [2.24, 2.45) is 0 Å². The Labute approximate surface area is 200 Å². The summed E-state index contributed by atoms with van der Waals surface area (Å²) in [5, 5.41) is 4.34. The summed E-state index contributed by atoms with van der Waals surface area (Å²) < 4.78 is 5.33. The fourth-order valence-electron chi connectivity index (χ4n) is 5.19. The minimum atomic E-state index is -0.641. The number of nitrogens with zero attached hydrogens (tertiary/aromatic N) is 1. The Morgan fingerprint density at radius 1 is 1.03 bits per heavy atom. The molecule has 1 atom stereocenters. The SMILES string of the molecule is COc1ccc([C@H](C(=O)NC2CCCCC2)N(C(=O)Cc2c[nH]c3ccccc23)C2CC2)cc1. The van der Waals surface area contributed by atoms with Crippen molar-refractivity contribution in [1.82, 2.24) is 15.2 Å². The summed E-state index contributed by atoms with van der Waals surface area (Å²) in [7, 11) is 1.63. The third-order valence-electron chi connectivity index (χ3n) is 7.15. The average molecular weight is 460 g/mol. The number of hydrogen-bond donors (Lipinski definition) is 2. The maximum Gasteiger partial charge on any atom is 0.247 e. The molecule has 6 nitrogen and oxygen atoms in total. The topological polar surface area (TPSA) is 74.4 Å². The fourth-order valence-corrected chi connectivity index (χ4v) is 5.19. The summed E-state index contributed by atoms with van der Waals surface area (Å²) in [6.07, 6.45) is 9.58. The van der Waals surface area contributed by atoms with Crippen molar-refractivity contribution in [2.45, 2.75) is 69.5 Å². The molecule has 0 spiro atoms. The van der Waals surface area contributed by atoms with Crippen molar-refractivity contribution >= 4 is 22.7 Å². The van der Waals surface area contributed by atoms with E-state index in [9.17, 15) is 9.59 Å². The average Bonchev–Trinajstić information content (AvgIpc) is 3.63. The summed E-state index contributed by atoms with van der Waals surface area (Å²) in [6, 6.07) is 15.2. The lowest BCUT2D eigenvalue weighted by atomic mass is 9.94. The van der Waals surface area contributed by atoms with Crippen LogP contribution < -0.4 is 10.1 Å². The Bertz CT molecular complexity index is 1140. The van der Waals surface area contributed by atoms with Gasteiger partial charge in [0.1, 0.15) is 11.8 Å². The predicted octanol–water partition coefficient (Wildman–Crippen LogP) is 4.90. The van der Waals surface area contributed by atoms with E-state index in [1.807, 2.05) is 59.6 Å². The van der Waals surface area contributed by atoms with Gasteiger partial charge in [-0.2, -0.15) is 0 Å². The molecule has 0 radical (unpaired) electrons. The van der Waals surface area contributed by atoms with Crippen LogP contribution in [0.25, 0.3) is 10.9 Å². The van der Waals surface area contributed by atoms with Gasteiger partial charge in [-0.05, 0) is 55.0 Å². The van der Waals surface area contributed by atoms with Gasteiger partial charge in [-0.1, -0.05) is 49.6 Å². The molecule has 2 aliphatic rings. The van der Waals surface area contributed by atoms with Crippen LogP contribution in [0, 0.1) is 0 Å². The van der Waals surface area contributed by atoms with Crippen molar-refractivity contribution < 1.29 is 14.3 Å². The van der Waals surface area contributed by atoms with Gasteiger partial charge in [-0.15, -0.1) is 0 Å². The molecule has 178 valence electrons. The number of benzene rings is 2. The second kappa shape index (κ2) is 9.92. The van der Waals surface area contributed by atoms with Crippen molar-refractivity contribution in [3.05, 3.63) is 65.9 Å². The van der Waals surface area contributed by atoms with Crippen LogP contribution in [0.5, 0.6) is 5.75 Å². The molecule has 3 aromatic rings. The Hall–Kier alpha value is -3.28. The first-order valence-corrected chi connectivity index (χ1v) is 12.4. The smallest absolute Gasteiger partial charge is 0.247 e. The van der Waals surface area contributed by atoms with Gasteiger partial charge in [0.15, 0.2) is 0 Å². The Balaban J connectivity index is 1.44. The minimum Gasteiger partial charge on any atom is -0.497 e. The summed E-state index contributed by atoms with van der Waals surface area (Å²) in [6.45, 7) is 0. The highest BCUT2D eigenvalue weighted by atomic mass is 16.5. The second-order valence-corrected chi connectivity index (χ2v) is 9.59. The van der Waals surface area contributed by atoms with Gasteiger partial charge in [0, 0.05) is 29.2 Å². The molecule has 0 bridgehead atoms. The van der Waals surface area contributed by atoms with Crippen molar-refractivity contribution in [2.75, 3.05) is 7.11 Å². The zero-order valence-corrected chi connectivity index (χ0v) is 19.8. The van der Waals surface area contributed by atoms with Crippen LogP contribution in [0.15, 0.2) is 54.7 Å². The standard InChI is InChI=1S/C28H33N3O3/c1-34-23-15-11-19(12-16-23)27(28(33)30-21-7-3-2-4-8-21)31(22-13-14-22)26(32)17-20-18-29-25-10-6-5-9-24(20)25/h5-6,9-12,15-16,18,21-22,27,29H,2-4,7-8,13-14,17H2,1H3,(H,30,33)/t27-/m1/s1. The molecule has 2 aromatic carbocycles. The van der Waals surface area contributed by atoms with Crippen molar-refractivity contribution in [3.8, 4) is 5.75 Å². The zero-order valence-electron chi connectivity index (χ0n) is 19.8. The third kappa shape index (κ3) is 4.81. The number of carbonyl (C=O) groups excluding carboxylic acids is 2. The summed E-state index contributed by atoms with van der Waals surface area (Å²) in [4.78, 5) is 32.6. The monoisotopic (exact) mass is 459 g/mol. The van der Waals surface area contributed by atoms with Crippen LogP contribution in [0.1, 0.15) is 62.1 Å². The predicted molar refractivity (Wildman–Crippen MR) is 133 cm³/mol. The molecular formula is C28H33N3O3. The van der Waals surface area contributed by atoms with E-state index in [2.05, 4.69) is 10.3 Å². The molecule has 2 amide bonds. The van der Waals surface area contributed by atoms with Crippen LogP contribution in [-0.2, 0) is 16.0 Å². The van der Waals surface area contributed by atoms with Gasteiger partial charge < -0.3 is 19.9 Å². The Morgan fingerprint density at radius 2 is 1.76 bits per heavy atom. The maximum absolute atomic E-state index is 13.8. The van der Waals surface area contributed by atoms with E-state index in [0.29, 0.717) is 0 Å². The van der Waals surface area contributed by atoms with E-state index < -0.39 is 6.04 Å². The molecule has 2 saturated carbocycles. The van der Waals surface area contributed by atoms with Crippen LogP contribution in [0.2, 0.25) is 0 Å². The lowest BCUT2D eigenvalue weighted by Gasteiger charge is -2.33. The van der Waals surface area contributed by atoms with E-state index in [4.69, 9.17) is 4.74 Å². The number of H-pyrrole nitrogens is 1. The van der Waals surface area contributed by atoms with E-state index in [1.54, 1.807) is 7.11 Å². The molecule has 0 aliphatic heterocycles. The lowest BCUT2D eigenvalue weighted by Crippen LogP contribution is -2.48. The highest BCUT2D eigenvalue weighted by Crippen LogP contribution is 2.36. The number of methoxy groups -OCH3 is 1.